The molecule has 0 radical (unpaired) electrons. The van der Waals surface area contributed by atoms with Crippen LogP contribution in [0.15, 0.2) is 49.6 Å². The average molecular weight is 1360 g/mol. The predicted molar refractivity (Wildman–Crippen MR) is 314 cm³/mol. The van der Waals surface area contributed by atoms with E-state index in [0.717, 1.165) is 0 Å². The number of rotatable bonds is 46. The molecule has 6 amide bonds. The highest BCUT2D eigenvalue weighted by molar-refractivity contribution is 5.88. The summed E-state index contributed by atoms with van der Waals surface area (Å²) in [6, 6.07) is -9.69. The van der Waals surface area contributed by atoms with E-state index < -0.39 is 172 Å². The SMILES string of the molecule is N[C@@H](CN(Cc1nccn1CC(=O)O)Cc1nccn1CC(=O)O)C(=O)NCCCC[C@H](NC(=O)N[C@@H](CCC(=O)O)C(=O)O)C(=O)O.O=COC(CN(Cc1nccn1CC(=O)O)Cc1nccn1CC(=O)O)NC(=O)CC[C@H](NC(=O)N[C@@H](CCC(=O)O)C(=O)O)C(=O)O. The van der Waals surface area contributed by atoms with Gasteiger partial charge in [0.2, 0.25) is 11.8 Å². The Balaban J connectivity index is 0.000000500. The maximum Gasteiger partial charge on any atom is 0.326 e. The van der Waals surface area contributed by atoms with Gasteiger partial charge in [0.1, 0.15) is 73.6 Å². The molecule has 0 saturated carbocycles. The second-order valence-electron chi connectivity index (χ2n) is 20.7. The van der Waals surface area contributed by atoms with Gasteiger partial charge in [0.05, 0.1) is 38.8 Å². The van der Waals surface area contributed by atoms with Crippen molar-refractivity contribution in [3.8, 4) is 0 Å². The third-order valence-corrected chi connectivity index (χ3v) is 13.2. The number of nitrogens with two attached hydrogens (primary N) is 1. The van der Waals surface area contributed by atoms with Crippen LogP contribution in [-0.4, -0.2) is 245 Å². The van der Waals surface area contributed by atoms with Crippen LogP contribution in [0, 0.1) is 0 Å². The molecule has 4 aromatic heterocycles. The third kappa shape index (κ3) is 30.2. The number of carbonyl (C=O) groups excluding carboxylic acids is 5. The maximum absolute atomic E-state index is 12.8. The monoisotopic (exact) mass is 1360 g/mol. The summed E-state index contributed by atoms with van der Waals surface area (Å²) in [6.45, 7) is -1.86. The van der Waals surface area contributed by atoms with Crippen molar-refractivity contribution in [2.24, 2.45) is 5.73 Å². The van der Waals surface area contributed by atoms with Crippen molar-refractivity contribution in [2.75, 3.05) is 19.6 Å². The van der Waals surface area contributed by atoms with E-state index in [2.05, 4.69) is 35.9 Å². The van der Waals surface area contributed by atoms with Gasteiger partial charge in [-0.15, -0.1) is 0 Å². The summed E-state index contributed by atoms with van der Waals surface area (Å²) in [4.78, 5) is 194. The van der Waals surface area contributed by atoms with Crippen molar-refractivity contribution in [1.29, 1.82) is 0 Å². The number of aliphatic carboxylic acids is 10. The Morgan fingerprint density at radius 3 is 1.08 bits per heavy atom. The molecule has 1 unspecified atom stereocenters. The minimum atomic E-state index is -1.69. The fourth-order valence-corrected chi connectivity index (χ4v) is 8.71. The van der Waals surface area contributed by atoms with E-state index in [4.69, 9.17) is 25.8 Å². The lowest BCUT2D eigenvalue weighted by Crippen LogP contribution is -2.51. The summed E-state index contributed by atoms with van der Waals surface area (Å²) in [5, 5.41) is 105. The molecule has 43 nitrogen and oxygen atoms in total. The normalized spacial score (nSPS) is 12.8. The zero-order chi connectivity index (χ0) is 71.6. The number of unbranched alkanes of at least 4 members (excludes halogenated alkanes) is 1. The van der Waals surface area contributed by atoms with E-state index in [-0.39, 0.29) is 96.3 Å². The summed E-state index contributed by atoms with van der Waals surface area (Å²) in [5.41, 5.74) is 6.17. The van der Waals surface area contributed by atoms with Gasteiger partial charge in [-0.25, -0.2) is 48.7 Å². The van der Waals surface area contributed by atoms with Crippen LogP contribution >= 0.6 is 0 Å². The van der Waals surface area contributed by atoms with E-state index in [1.807, 2.05) is 16.0 Å². The van der Waals surface area contributed by atoms with Crippen LogP contribution in [0.4, 0.5) is 9.59 Å². The van der Waals surface area contributed by atoms with Crippen molar-refractivity contribution in [2.45, 2.75) is 147 Å². The van der Waals surface area contributed by atoms with Crippen LogP contribution in [0.1, 0.15) is 81.1 Å². The lowest BCUT2D eigenvalue weighted by Gasteiger charge is -2.27. The lowest BCUT2D eigenvalue weighted by molar-refractivity contribution is -0.142. The topological polar surface area (TPSA) is 644 Å². The van der Waals surface area contributed by atoms with Gasteiger partial charge in [-0.2, -0.15) is 0 Å². The summed E-state index contributed by atoms with van der Waals surface area (Å²) < 4.78 is 10.5. The van der Waals surface area contributed by atoms with Crippen LogP contribution in [-0.2, 0) is 119 Å². The van der Waals surface area contributed by atoms with Crippen LogP contribution in [0.5, 0.6) is 0 Å². The van der Waals surface area contributed by atoms with Gasteiger partial charge in [0.25, 0.3) is 6.47 Å². The Kier molecular flexibility index (Phi) is 33.1. The molecule has 0 aliphatic rings. The number of urea groups is 2. The number of nitrogens with zero attached hydrogens (tertiary/aromatic N) is 10. The van der Waals surface area contributed by atoms with E-state index in [0.29, 0.717) is 11.6 Å². The molecule has 0 aliphatic heterocycles. The molecule has 43 heteroatoms. The molecule has 96 heavy (non-hydrogen) atoms. The van der Waals surface area contributed by atoms with Gasteiger partial charge in [-0.3, -0.25) is 53.0 Å². The molecular weight excluding hydrogens is 1290 g/mol. The number of hydrogen-bond donors (Lipinski definition) is 17. The minimum Gasteiger partial charge on any atom is -0.481 e. The number of ether oxygens (including phenoxy) is 1. The van der Waals surface area contributed by atoms with E-state index in [9.17, 15) is 108 Å². The second kappa shape index (κ2) is 40.4. The Labute approximate surface area is 541 Å². The molecule has 4 rings (SSSR count). The zero-order valence-electron chi connectivity index (χ0n) is 50.9. The molecule has 0 fully saturated rings. The molecule has 0 saturated heterocycles. The highest BCUT2D eigenvalue weighted by atomic mass is 16.5. The van der Waals surface area contributed by atoms with E-state index >= 15 is 0 Å². The molecule has 0 spiro atoms. The number of carboxylic acid groups (broad SMARTS) is 10. The third-order valence-electron chi connectivity index (χ3n) is 13.2. The standard InChI is InChI=1S/C27H39N9O12.C26H34N8O14/c28-16(11-34(12-19-29-7-9-35(19)14-22(39)40)13-20-30-8-10-36(20)15-23(41)42)24(43)31-6-2-1-3-17(25(44)45)32-27(48)33-18(26(46)47)4-5-21(37)38;35-14-48-20(31-19(36)3-1-15(24(43)44)29-26(47)30-16(25(45)46)2-4-21(37)38)11-32(9-17-27-5-7-33(17)12-22(39)40)10-18-28-6-8-34(18)13-23(41)42/h7-10,16-18H,1-6,11-15,28H2,(H,31,43)(H,37,38)(H,39,40)(H,41,42)(H,44,45)(H,46,47)(H2,32,33,48);5-8,14-16,20H,1-4,9-13H2,(H,31,36)(H,37,38)(H,39,40)(H,41,42)(H,43,44)(H,45,46)(H2,29,30,47)/t16-,17-,18-;15-,16-,20?/m00/s1. The zero-order valence-corrected chi connectivity index (χ0v) is 50.9. The van der Waals surface area contributed by atoms with Gasteiger partial charge in [0, 0.05) is 81.9 Å². The fraction of sp³-hybridized carbons (Fsp3) is 0.491. The van der Waals surface area contributed by atoms with Crippen molar-refractivity contribution in [3.05, 3.63) is 72.9 Å². The Morgan fingerprint density at radius 2 is 0.771 bits per heavy atom. The molecule has 0 aliphatic carbocycles. The highest BCUT2D eigenvalue weighted by Gasteiger charge is 2.29. The van der Waals surface area contributed by atoms with Gasteiger partial charge in [-0.05, 0) is 38.5 Å². The smallest absolute Gasteiger partial charge is 0.326 e. The minimum absolute atomic E-state index is 0.0368. The highest BCUT2D eigenvalue weighted by Crippen LogP contribution is 2.14. The van der Waals surface area contributed by atoms with Crippen molar-refractivity contribution >= 4 is 90.0 Å². The van der Waals surface area contributed by atoms with Crippen LogP contribution in [0.25, 0.3) is 0 Å². The number of imidazole rings is 4. The van der Waals surface area contributed by atoms with Crippen LogP contribution in [0.3, 0.4) is 0 Å². The number of nitrogens with one attached hydrogen (secondary N) is 6. The predicted octanol–water partition coefficient (Wildman–Crippen LogP) is -4.35. The first-order valence-electron chi connectivity index (χ1n) is 28.6. The molecule has 4 aromatic rings. The number of hydrogen-bond acceptors (Lipinski definition) is 23. The Hall–Kier alpha value is -11.6. The first kappa shape index (κ1) is 78.6. The largest absolute Gasteiger partial charge is 0.481 e. The van der Waals surface area contributed by atoms with E-state index in [1.165, 1.54) is 72.7 Å². The van der Waals surface area contributed by atoms with Crippen LogP contribution in [0.2, 0.25) is 0 Å². The number of aromatic nitrogens is 8. The molecule has 4 heterocycles. The number of carboxylic acids is 10. The van der Waals surface area contributed by atoms with Crippen LogP contribution < -0.4 is 37.6 Å². The molecule has 0 bridgehead atoms. The van der Waals surface area contributed by atoms with Crippen molar-refractivity contribution in [1.82, 2.24) is 79.9 Å². The molecule has 0 aromatic carbocycles. The molecular formula is C53H73N17O26. The average Bonchev–Trinajstić information content (AvgIpc) is 1.71. The second-order valence-corrected chi connectivity index (χ2v) is 20.7. The Bertz CT molecular complexity index is 3230. The summed E-state index contributed by atoms with van der Waals surface area (Å²) in [7, 11) is 0. The quantitative estimate of drug-likeness (QED) is 0.0113. The molecule has 6 atom stereocenters. The molecule has 18 N–H and O–H groups in total. The van der Waals surface area contributed by atoms with Gasteiger partial charge >= 0.3 is 71.8 Å². The fourth-order valence-electron chi connectivity index (χ4n) is 8.71. The van der Waals surface area contributed by atoms with E-state index in [1.54, 1.807) is 4.90 Å². The first-order chi connectivity index (χ1) is 45.3. The van der Waals surface area contributed by atoms with Crippen molar-refractivity contribution < 1.29 is 128 Å². The molecule has 526 valence electrons. The lowest BCUT2D eigenvalue weighted by atomic mass is 10.1. The number of amides is 6. The van der Waals surface area contributed by atoms with Gasteiger partial charge < -0.3 is 112 Å². The first-order valence-corrected chi connectivity index (χ1v) is 28.6. The van der Waals surface area contributed by atoms with Crippen molar-refractivity contribution in [3.63, 3.8) is 0 Å². The summed E-state index contributed by atoms with van der Waals surface area (Å²) in [5.74, 6) is -13.2. The van der Waals surface area contributed by atoms with Gasteiger partial charge in [-0.1, -0.05) is 0 Å². The number of carbonyl (C=O) groups is 15. The summed E-state index contributed by atoms with van der Waals surface area (Å²) in [6.07, 6.45) is 7.37. The summed E-state index contributed by atoms with van der Waals surface area (Å²) >= 11 is 0. The Morgan fingerprint density at radius 1 is 0.448 bits per heavy atom. The van der Waals surface area contributed by atoms with Gasteiger partial charge in [0.15, 0.2) is 6.23 Å². The maximum atomic E-state index is 12.8.